The molecule has 0 amide bonds. The summed E-state index contributed by atoms with van der Waals surface area (Å²) in [6.45, 7) is 13.4. The molecule has 0 aliphatic heterocycles. The first-order valence-corrected chi connectivity index (χ1v) is 9.88. The summed E-state index contributed by atoms with van der Waals surface area (Å²) in [5, 5.41) is 0. The van der Waals surface area contributed by atoms with Gasteiger partial charge in [0.25, 0.3) is 0 Å². The molecule has 0 radical (unpaired) electrons. The monoisotopic (exact) mass is 354 g/mol. The average Bonchev–Trinajstić information content (AvgIpc) is 2.52. The van der Waals surface area contributed by atoms with Gasteiger partial charge in [0.15, 0.2) is 0 Å². The van der Waals surface area contributed by atoms with Crippen LogP contribution in [-0.4, -0.2) is 12.6 Å². The van der Waals surface area contributed by atoms with Crippen LogP contribution in [0.4, 0.5) is 0 Å². The van der Waals surface area contributed by atoms with E-state index < -0.39 is 0 Å². The fourth-order valence-corrected chi connectivity index (χ4v) is 4.06. The molecule has 142 valence electrons. The van der Waals surface area contributed by atoms with Crippen molar-refractivity contribution in [3.63, 3.8) is 0 Å². The number of carbonyl (C=O) groups is 1. The molecule has 2 aliphatic carbocycles. The zero-order valence-corrected chi connectivity index (χ0v) is 17.4. The molecule has 0 fully saturated rings. The minimum Gasteiger partial charge on any atom is -0.463 e. The second-order valence-electron chi connectivity index (χ2n) is 8.29. The molecule has 2 rings (SSSR count). The van der Waals surface area contributed by atoms with E-state index in [-0.39, 0.29) is 11.4 Å². The van der Waals surface area contributed by atoms with Crippen LogP contribution in [-0.2, 0) is 9.53 Å². The van der Waals surface area contributed by atoms with E-state index in [9.17, 15) is 4.79 Å². The number of rotatable bonds is 4. The van der Waals surface area contributed by atoms with Gasteiger partial charge >= 0.3 is 5.97 Å². The third-order valence-electron chi connectivity index (χ3n) is 5.50. The molecule has 2 heteroatoms. The Morgan fingerprint density at radius 2 is 1.96 bits per heavy atom. The molecule has 0 saturated carbocycles. The van der Waals surface area contributed by atoms with Crippen LogP contribution >= 0.6 is 0 Å². The number of carbonyl (C=O) groups excluding carboxylic acids is 1. The van der Waals surface area contributed by atoms with Crippen molar-refractivity contribution in [3.05, 3.63) is 57.7 Å². The zero-order valence-electron chi connectivity index (χ0n) is 17.4. The second kappa shape index (κ2) is 8.70. The van der Waals surface area contributed by atoms with Gasteiger partial charge in [-0.15, -0.1) is 0 Å². The molecule has 0 N–H and O–H groups in total. The third kappa shape index (κ3) is 5.33. The Hall–Kier alpha value is -1.83. The molecule has 26 heavy (non-hydrogen) atoms. The summed E-state index contributed by atoms with van der Waals surface area (Å²) in [7, 11) is 0. The fraction of sp³-hybridized carbons (Fsp3) is 0.542. The largest absolute Gasteiger partial charge is 0.463 e. The van der Waals surface area contributed by atoms with Gasteiger partial charge in [0, 0.05) is 6.08 Å². The molecule has 0 heterocycles. The lowest BCUT2D eigenvalue weighted by Crippen LogP contribution is -2.19. The van der Waals surface area contributed by atoms with Gasteiger partial charge in [-0.05, 0) is 93.1 Å². The molecule has 0 saturated heterocycles. The van der Waals surface area contributed by atoms with E-state index in [4.69, 9.17) is 4.74 Å². The first-order chi connectivity index (χ1) is 12.2. The number of hydrogen-bond donors (Lipinski definition) is 0. The van der Waals surface area contributed by atoms with Gasteiger partial charge in [0.05, 0.1) is 6.61 Å². The number of esters is 1. The van der Waals surface area contributed by atoms with E-state index >= 15 is 0 Å². The molecule has 0 aromatic heterocycles. The molecular weight excluding hydrogens is 320 g/mol. The molecule has 2 aliphatic rings. The van der Waals surface area contributed by atoms with E-state index in [2.05, 4.69) is 45.9 Å². The fourth-order valence-electron chi connectivity index (χ4n) is 4.06. The van der Waals surface area contributed by atoms with E-state index in [1.165, 1.54) is 41.6 Å². The highest BCUT2D eigenvalue weighted by atomic mass is 16.5. The third-order valence-corrected chi connectivity index (χ3v) is 5.50. The zero-order chi connectivity index (χ0) is 19.3. The van der Waals surface area contributed by atoms with Crippen LogP contribution in [0, 0.1) is 5.41 Å². The molecule has 0 bridgehead atoms. The van der Waals surface area contributed by atoms with Crippen LogP contribution in [0.2, 0.25) is 0 Å². The molecule has 2 nitrogen and oxygen atoms in total. The van der Waals surface area contributed by atoms with Gasteiger partial charge < -0.3 is 4.74 Å². The lowest BCUT2D eigenvalue weighted by molar-refractivity contribution is -0.137. The van der Waals surface area contributed by atoms with Crippen LogP contribution in [0.3, 0.4) is 0 Å². The standard InChI is InChI=1S/C24H34O2/c1-7-26-23(25)14-17(2)13-20-10-11-21(19(4)15-20)16-22-18(3)9-8-12-24(22,5)6/h13-16H,7-12H2,1-6H3/b17-14-,20-13+,21-16+. The minimum absolute atomic E-state index is 0.263. The highest BCUT2D eigenvalue weighted by Crippen LogP contribution is 2.42. The molecule has 0 aromatic carbocycles. The second-order valence-corrected chi connectivity index (χ2v) is 8.29. The summed E-state index contributed by atoms with van der Waals surface area (Å²) in [6.07, 6.45) is 14.3. The molecule has 0 aromatic rings. The molecule has 0 atom stereocenters. The summed E-state index contributed by atoms with van der Waals surface area (Å²) in [4.78, 5) is 11.6. The van der Waals surface area contributed by atoms with Crippen molar-refractivity contribution in [1.82, 2.24) is 0 Å². The quantitative estimate of drug-likeness (QED) is 0.419. The van der Waals surface area contributed by atoms with Crippen LogP contribution in [0.5, 0.6) is 0 Å². The van der Waals surface area contributed by atoms with Crippen molar-refractivity contribution < 1.29 is 9.53 Å². The van der Waals surface area contributed by atoms with Gasteiger partial charge in [0.2, 0.25) is 0 Å². The van der Waals surface area contributed by atoms with Gasteiger partial charge in [-0.25, -0.2) is 4.79 Å². The highest BCUT2D eigenvalue weighted by molar-refractivity contribution is 5.83. The van der Waals surface area contributed by atoms with Crippen LogP contribution in [0.15, 0.2) is 57.7 Å². The van der Waals surface area contributed by atoms with Gasteiger partial charge in [0.1, 0.15) is 0 Å². The van der Waals surface area contributed by atoms with E-state index in [1.54, 1.807) is 11.6 Å². The molecule has 0 unspecified atom stereocenters. The molecule has 0 spiro atoms. The normalized spacial score (nSPS) is 24.1. The van der Waals surface area contributed by atoms with Crippen molar-refractivity contribution >= 4 is 5.97 Å². The maximum atomic E-state index is 11.6. The Labute approximate surface area is 159 Å². The summed E-state index contributed by atoms with van der Waals surface area (Å²) in [5.41, 5.74) is 8.40. The number of allylic oxidation sites excluding steroid dienone is 9. The van der Waals surface area contributed by atoms with Crippen LogP contribution in [0.1, 0.15) is 73.6 Å². The predicted molar refractivity (Wildman–Crippen MR) is 110 cm³/mol. The lowest BCUT2D eigenvalue weighted by Gasteiger charge is -2.34. The molecular formula is C24H34O2. The Kier molecular flexibility index (Phi) is 6.86. The Balaban J connectivity index is 2.22. The summed E-state index contributed by atoms with van der Waals surface area (Å²) in [5.74, 6) is -0.263. The maximum absolute atomic E-state index is 11.6. The minimum atomic E-state index is -0.263. The van der Waals surface area contributed by atoms with Gasteiger partial charge in [-0.2, -0.15) is 0 Å². The summed E-state index contributed by atoms with van der Waals surface area (Å²) >= 11 is 0. The van der Waals surface area contributed by atoms with Crippen molar-refractivity contribution in [2.24, 2.45) is 5.41 Å². The Bertz CT molecular complexity index is 708. The smallest absolute Gasteiger partial charge is 0.330 e. The van der Waals surface area contributed by atoms with Crippen molar-refractivity contribution in [2.45, 2.75) is 73.6 Å². The lowest BCUT2D eigenvalue weighted by atomic mass is 9.71. The predicted octanol–water partition coefficient (Wildman–Crippen LogP) is 6.62. The van der Waals surface area contributed by atoms with Gasteiger partial charge in [-0.1, -0.05) is 37.6 Å². The van der Waals surface area contributed by atoms with Gasteiger partial charge in [-0.3, -0.25) is 0 Å². The highest BCUT2D eigenvalue weighted by Gasteiger charge is 2.27. The Morgan fingerprint density at radius 1 is 1.23 bits per heavy atom. The number of hydrogen-bond acceptors (Lipinski definition) is 2. The average molecular weight is 355 g/mol. The van der Waals surface area contributed by atoms with Crippen molar-refractivity contribution in [1.29, 1.82) is 0 Å². The Morgan fingerprint density at radius 3 is 2.58 bits per heavy atom. The number of ether oxygens (including phenoxy) is 1. The first kappa shape index (κ1) is 20.5. The van der Waals surface area contributed by atoms with E-state index in [0.29, 0.717) is 6.61 Å². The topological polar surface area (TPSA) is 26.3 Å². The van der Waals surface area contributed by atoms with E-state index in [0.717, 1.165) is 18.4 Å². The first-order valence-electron chi connectivity index (χ1n) is 9.88. The summed E-state index contributed by atoms with van der Waals surface area (Å²) in [6, 6.07) is 0. The van der Waals surface area contributed by atoms with E-state index in [1.807, 2.05) is 13.8 Å². The van der Waals surface area contributed by atoms with Crippen molar-refractivity contribution in [2.75, 3.05) is 6.61 Å². The SMILES string of the molecule is CCOC(=O)/C=C(C)\C=C1C=C(C)/C(=C/C2=C(C)CCCC2(C)C)CC\1. The van der Waals surface area contributed by atoms with Crippen LogP contribution < -0.4 is 0 Å². The van der Waals surface area contributed by atoms with Crippen molar-refractivity contribution in [3.8, 4) is 0 Å². The maximum Gasteiger partial charge on any atom is 0.330 e. The summed E-state index contributed by atoms with van der Waals surface area (Å²) < 4.78 is 4.98. The van der Waals surface area contributed by atoms with Crippen LogP contribution in [0.25, 0.3) is 0 Å².